The van der Waals surface area contributed by atoms with Gasteiger partial charge in [0.15, 0.2) is 0 Å². The van der Waals surface area contributed by atoms with Crippen molar-refractivity contribution in [3.63, 3.8) is 0 Å². The molecule has 0 fully saturated rings. The Kier molecular flexibility index (Phi) is 4.60. The van der Waals surface area contributed by atoms with Crippen molar-refractivity contribution >= 4 is 5.97 Å². The first kappa shape index (κ1) is 12.0. The second-order valence-corrected chi connectivity index (χ2v) is 4.25. The number of ether oxygens (including phenoxy) is 1. The van der Waals surface area contributed by atoms with E-state index in [1.807, 2.05) is 13.0 Å². The number of carbonyl (C=O) groups is 1. The summed E-state index contributed by atoms with van der Waals surface area (Å²) in [5.74, 6) is -0.127. The van der Waals surface area contributed by atoms with Gasteiger partial charge in [-0.1, -0.05) is 31.9 Å². The van der Waals surface area contributed by atoms with Crippen LogP contribution < -0.4 is 0 Å². The summed E-state index contributed by atoms with van der Waals surface area (Å²) in [5, 5.41) is 0. The molecular weight excluding hydrogens is 188 g/mol. The first-order chi connectivity index (χ1) is 7.13. The number of esters is 1. The molecular formula is C13H20O2. The fourth-order valence-corrected chi connectivity index (χ4v) is 1.73. The molecule has 0 amide bonds. The number of unbranched alkanes of at least 4 members (excludes halogenated alkanes) is 2. The average molecular weight is 208 g/mol. The lowest BCUT2D eigenvalue weighted by Crippen LogP contribution is -2.08. The molecule has 15 heavy (non-hydrogen) atoms. The summed E-state index contributed by atoms with van der Waals surface area (Å²) in [5.41, 5.74) is 1.91. The van der Waals surface area contributed by atoms with Crippen molar-refractivity contribution in [1.82, 2.24) is 0 Å². The van der Waals surface area contributed by atoms with Crippen molar-refractivity contribution in [3.8, 4) is 0 Å². The highest BCUT2D eigenvalue weighted by molar-refractivity contribution is 5.90. The number of cyclic esters (lactones) is 1. The van der Waals surface area contributed by atoms with Gasteiger partial charge in [-0.3, -0.25) is 0 Å². The highest BCUT2D eigenvalue weighted by Gasteiger charge is 2.24. The highest BCUT2D eigenvalue weighted by atomic mass is 16.5. The standard InChI is InChI=1S/C13H20O2/c1-4-5-6-7-11-9-12(8-10(2)3)15-13(11)14/h9,12H,2,4-8H2,1,3H3/t12-/m1/s1. The molecule has 84 valence electrons. The molecule has 0 bridgehead atoms. The minimum atomic E-state index is -0.127. The molecule has 0 radical (unpaired) electrons. The SMILES string of the molecule is C=C(C)C[C@@H]1C=C(CCCCC)C(=O)O1. The zero-order chi connectivity index (χ0) is 11.3. The van der Waals surface area contributed by atoms with Crippen LogP contribution in [0.3, 0.4) is 0 Å². The maximum atomic E-state index is 11.4. The zero-order valence-electron chi connectivity index (χ0n) is 9.71. The average Bonchev–Trinajstić information content (AvgIpc) is 2.46. The van der Waals surface area contributed by atoms with Crippen LogP contribution in [0, 0.1) is 0 Å². The van der Waals surface area contributed by atoms with Crippen LogP contribution in [-0.4, -0.2) is 12.1 Å². The first-order valence-electron chi connectivity index (χ1n) is 5.69. The van der Waals surface area contributed by atoms with Crippen molar-refractivity contribution < 1.29 is 9.53 Å². The first-order valence-corrected chi connectivity index (χ1v) is 5.69. The Morgan fingerprint density at radius 2 is 2.27 bits per heavy atom. The second-order valence-electron chi connectivity index (χ2n) is 4.25. The van der Waals surface area contributed by atoms with Gasteiger partial charge >= 0.3 is 5.97 Å². The van der Waals surface area contributed by atoms with Gasteiger partial charge in [0.2, 0.25) is 0 Å². The largest absolute Gasteiger partial charge is 0.454 e. The van der Waals surface area contributed by atoms with Crippen LogP contribution in [-0.2, 0) is 9.53 Å². The van der Waals surface area contributed by atoms with E-state index < -0.39 is 0 Å². The summed E-state index contributed by atoms with van der Waals surface area (Å²) >= 11 is 0. The Bertz CT molecular complexity index is 276. The van der Waals surface area contributed by atoms with Crippen LogP contribution in [0.4, 0.5) is 0 Å². The Hall–Kier alpha value is -1.05. The molecule has 0 spiro atoms. The van der Waals surface area contributed by atoms with Gasteiger partial charge in [-0.15, -0.1) is 0 Å². The van der Waals surface area contributed by atoms with Gasteiger partial charge in [-0.05, 0) is 25.8 Å². The second kappa shape index (κ2) is 5.74. The lowest BCUT2D eigenvalue weighted by molar-refractivity contribution is -0.139. The van der Waals surface area contributed by atoms with E-state index in [1.54, 1.807) is 0 Å². The summed E-state index contributed by atoms with van der Waals surface area (Å²) in [7, 11) is 0. The van der Waals surface area contributed by atoms with Crippen LogP contribution in [0.25, 0.3) is 0 Å². The van der Waals surface area contributed by atoms with Gasteiger partial charge < -0.3 is 4.74 Å². The summed E-state index contributed by atoms with van der Waals surface area (Å²) in [6.45, 7) is 7.94. The summed E-state index contributed by atoms with van der Waals surface area (Å²) in [4.78, 5) is 11.4. The van der Waals surface area contributed by atoms with Gasteiger partial charge in [-0.25, -0.2) is 4.79 Å². The molecule has 0 aliphatic carbocycles. The zero-order valence-corrected chi connectivity index (χ0v) is 9.71. The lowest BCUT2D eigenvalue weighted by Gasteiger charge is -2.06. The van der Waals surface area contributed by atoms with Crippen molar-refractivity contribution in [2.24, 2.45) is 0 Å². The number of carbonyl (C=O) groups excluding carboxylic acids is 1. The third-order valence-electron chi connectivity index (χ3n) is 2.51. The van der Waals surface area contributed by atoms with E-state index in [0.717, 1.165) is 30.4 Å². The fraction of sp³-hybridized carbons (Fsp3) is 0.615. The quantitative estimate of drug-likeness (QED) is 0.380. The molecule has 2 heteroatoms. The molecule has 0 aromatic rings. The van der Waals surface area contributed by atoms with Gasteiger partial charge in [0, 0.05) is 12.0 Å². The molecule has 0 saturated carbocycles. The monoisotopic (exact) mass is 208 g/mol. The lowest BCUT2D eigenvalue weighted by atomic mass is 10.1. The fourth-order valence-electron chi connectivity index (χ4n) is 1.73. The van der Waals surface area contributed by atoms with Crippen LogP contribution >= 0.6 is 0 Å². The summed E-state index contributed by atoms with van der Waals surface area (Å²) in [6.07, 6.45) is 6.95. The molecule has 0 saturated heterocycles. The molecule has 1 aliphatic rings. The highest BCUT2D eigenvalue weighted by Crippen LogP contribution is 2.22. The van der Waals surface area contributed by atoms with E-state index in [1.165, 1.54) is 12.8 Å². The third kappa shape index (κ3) is 3.90. The predicted molar refractivity (Wildman–Crippen MR) is 61.5 cm³/mol. The maximum Gasteiger partial charge on any atom is 0.334 e. The number of rotatable bonds is 6. The predicted octanol–water partition coefficient (Wildman–Crippen LogP) is 3.38. The van der Waals surface area contributed by atoms with Crippen LogP contribution in [0.2, 0.25) is 0 Å². The Morgan fingerprint density at radius 1 is 1.53 bits per heavy atom. The van der Waals surface area contributed by atoms with E-state index in [2.05, 4.69) is 13.5 Å². The van der Waals surface area contributed by atoms with Crippen LogP contribution in [0.15, 0.2) is 23.8 Å². The smallest absolute Gasteiger partial charge is 0.334 e. The molecule has 0 N–H and O–H groups in total. The van der Waals surface area contributed by atoms with Crippen molar-refractivity contribution in [2.75, 3.05) is 0 Å². The van der Waals surface area contributed by atoms with E-state index in [-0.39, 0.29) is 12.1 Å². The normalized spacial score (nSPS) is 20.0. The van der Waals surface area contributed by atoms with E-state index >= 15 is 0 Å². The minimum absolute atomic E-state index is 0.0633. The van der Waals surface area contributed by atoms with Gasteiger partial charge in [0.1, 0.15) is 6.10 Å². The van der Waals surface area contributed by atoms with E-state index in [9.17, 15) is 4.79 Å². The molecule has 1 atom stereocenters. The maximum absolute atomic E-state index is 11.4. The molecule has 2 nitrogen and oxygen atoms in total. The third-order valence-corrected chi connectivity index (χ3v) is 2.51. The number of hydrogen-bond donors (Lipinski definition) is 0. The molecule has 1 aliphatic heterocycles. The molecule has 1 heterocycles. The molecule has 0 unspecified atom stereocenters. The van der Waals surface area contributed by atoms with E-state index in [0.29, 0.717) is 0 Å². The summed E-state index contributed by atoms with van der Waals surface area (Å²) < 4.78 is 5.22. The van der Waals surface area contributed by atoms with Gasteiger partial charge in [0.05, 0.1) is 0 Å². The van der Waals surface area contributed by atoms with E-state index in [4.69, 9.17) is 4.74 Å². The summed E-state index contributed by atoms with van der Waals surface area (Å²) in [6, 6.07) is 0. The van der Waals surface area contributed by atoms with Gasteiger partial charge in [0.25, 0.3) is 0 Å². The minimum Gasteiger partial charge on any atom is -0.454 e. The Balaban J connectivity index is 2.42. The molecule has 0 aromatic carbocycles. The van der Waals surface area contributed by atoms with Crippen LogP contribution in [0.1, 0.15) is 46.0 Å². The Labute approximate surface area is 92.0 Å². The molecule has 0 aromatic heterocycles. The Morgan fingerprint density at radius 3 is 2.87 bits per heavy atom. The van der Waals surface area contributed by atoms with Crippen molar-refractivity contribution in [1.29, 1.82) is 0 Å². The van der Waals surface area contributed by atoms with Crippen molar-refractivity contribution in [2.45, 2.75) is 52.1 Å². The van der Waals surface area contributed by atoms with Gasteiger partial charge in [-0.2, -0.15) is 0 Å². The topological polar surface area (TPSA) is 26.3 Å². The molecule has 1 rings (SSSR count). The van der Waals surface area contributed by atoms with Crippen molar-refractivity contribution in [3.05, 3.63) is 23.8 Å². The van der Waals surface area contributed by atoms with Crippen LogP contribution in [0.5, 0.6) is 0 Å². The number of hydrogen-bond acceptors (Lipinski definition) is 2.